The lowest BCUT2D eigenvalue weighted by Crippen LogP contribution is -2.01. The van der Waals surface area contributed by atoms with E-state index in [1.807, 2.05) is 0 Å². The van der Waals surface area contributed by atoms with E-state index in [1.165, 1.54) is 18.6 Å². The molecule has 2 heterocycles. The quantitative estimate of drug-likeness (QED) is 0.777. The van der Waals surface area contributed by atoms with Crippen LogP contribution in [0.1, 0.15) is 10.4 Å². The van der Waals surface area contributed by atoms with Gasteiger partial charge in [0.2, 0.25) is 0 Å². The van der Waals surface area contributed by atoms with Crippen molar-refractivity contribution in [3.63, 3.8) is 0 Å². The number of hydrogen-bond donors (Lipinski definition) is 2. The number of aromatic nitrogens is 5. The zero-order valence-electron chi connectivity index (χ0n) is 7.28. The Morgan fingerprint density at radius 1 is 1.53 bits per heavy atom. The zero-order chi connectivity index (χ0) is 10.7. The van der Waals surface area contributed by atoms with Gasteiger partial charge >= 0.3 is 5.97 Å². The van der Waals surface area contributed by atoms with Gasteiger partial charge in [0.15, 0.2) is 5.16 Å². The Morgan fingerprint density at radius 3 is 3.07 bits per heavy atom. The van der Waals surface area contributed by atoms with Gasteiger partial charge in [-0.3, -0.25) is 5.10 Å². The molecule has 0 atom stereocenters. The third kappa shape index (κ3) is 2.10. The van der Waals surface area contributed by atoms with Crippen LogP contribution in [0.25, 0.3) is 0 Å². The molecule has 0 aliphatic carbocycles. The van der Waals surface area contributed by atoms with Crippen LogP contribution >= 0.6 is 11.8 Å². The molecule has 0 amide bonds. The van der Waals surface area contributed by atoms with Gasteiger partial charge in [-0.25, -0.2) is 9.78 Å². The van der Waals surface area contributed by atoms with E-state index in [0.29, 0.717) is 5.16 Å². The minimum Gasteiger partial charge on any atom is -0.478 e. The maximum atomic E-state index is 10.8. The highest BCUT2D eigenvalue weighted by Gasteiger charge is 2.13. The van der Waals surface area contributed by atoms with E-state index < -0.39 is 5.97 Å². The average molecular weight is 223 g/mol. The van der Waals surface area contributed by atoms with Gasteiger partial charge < -0.3 is 5.11 Å². The zero-order valence-corrected chi connectivity index (χ0v) is 8.10. The second kappa shape index (κ2) is 4.05. The molecular formula is C7H5N5O2S. The number of carboxylic acid groups (broad SMARTS) is 1. The normalized spacial score (nSPS) is 10.1. The summed E-state index contributed by atoms with van der Waals surface area (Å²) in [6.45, 7) is 0. The summed E-state index contributed by atoms with van der Waals surface area (Å²) in [7, 11) is 0. The van der Waals surface area contributed by atoms with E-state index in [4.69, 9.17) is 5.11 Å². The Kier molecular flexibility index (Phi) is 2.59. The van der Waals surface area contributed by atoms with Gasteiger partial charge in [0, 0.05) is 0 Å². The van der Waals surface area contributed by atoms with Crippen LogP contribution in [0.4, 0.5) is 0 Å². The molecule has 2 aromatic heterocycles. The van der Waals surface area contributed by atoms with Gasteiger partial charge in [0.1, 0.15) is 11.4 Å². The smallest absolute Gasteiger partial charge is 0.338 e. The molecule has 0 aromatic carbocycles. The molecule has 8 heteroatoms. The molecular weight excluding hydrogens is 218 g/mol. The Balaban J connectivity index is 2.32. The number of H-pyrrole nitrogens is 1. The third-order valence-corrected chi connectivity index (χ3v) is 2.39. The van der Waals surface area contributed by atoms with Gasteiger partial charge in [0.25, 0.3) is 0 Å². The van der Waals surface area contributed by atoms with E-state index >= 15 is 0 Å². The Bertz CT molecular complexity index is 472. The summed E-state index contributed by atoms with van der Waals surface area (Å²) in [5, 5.41) is 23.2. The summed E-state index contributed by atoms with van der Waals surface area (Å²) in [6, 6.07) is 1.38. The number of carboxylic acids is 1. The maximum absolute atomic E-state index is 10.8. The van der Waals surface area contributed by atoms with Crippen molar-refractivity contribution in [1.29, 1.82) is 0 Å². The Hall–Kier alpha value is -1.96. The summed E-state index contributed by atoms with van der Waals surface area (Å²) in [5.74, 6) is -1.05. The Labute approximate surface area is 88.0 Å². The first-order chi connectivity index (χ1) is 7.27. The lowest BCUT2D eigenvalue weighted by molar-refractivity contribution is 0.0692. The third-order valence-electron chi connectivity index (χ3n) is 1.50. The van der Waals surface area contributed by atoms with Crippen molar-refractivity contribution >= 4 is 17.7 Å². The van der Waals surface area contributed by atoms with Gasteiger partial charge in [-0.05, 0) is 17.8 Å². The Morgan fingerprint density at radius 2 is 2.40 bits per heavy atom. The fourth-order valence-corrected chi connectivity index (χ4v) is 1.63. The first-order valence-corrected chi connectivity index (χ1v) is 4.67. The predicted octanol–water partition coefficient (Wildman–Crippen LogP) is 0.444. The minimum atomic E-state index is -1.05. The molecule has 0 saturated carbocycles. The largest absolute Gasteiger partial charge is 0.478 e. The van der Waals surface area contributed by atoms with E-state index in [-0.39, 0.29) is 10.6 Å². The van der Waals surface area contributed by atoms with Crippen molar-refractivity contribution in [2.45, 2.75) is 10.2 Å². The van der Waals surface area contributed by atoms with E-state index in [9.17, 15) is 4.79 Å². The van der Waals surface area contributed by atoms with Crippen LogP contribution in [0.5, 0.6) is 0 Å². The molecule has 7 nitrogen and oxygen atoms in total. The lowest BCUT2D eigenvalue weighted by atomic mass is 10.3. The van der Waals surface area contributed by atoms with E-state index in [0.717, 1.165) is 11.8 Å². The van der Waals surface area contributed by atoms with Gasteiger partial charge in [-0.15, -0.1) is 5.10 Å². The van der Waals surface area contributed by atoms with Gasteiger partial charge in [0.05, 0.1) is 11.8 Å². The van der Waals surface area contributed by atoms with Crippen molar-refractivity contribution in [3.8, 4) is 0 Å². The molecule has 2 N–H and O–H groups in total. The summed E-state index contributed by atoms with van der Waals surface area (Å²) in [4.78, 5) is 14.7. The van der Waals surface area contributed by atoms with Crippen molar-refractivity contribution in [2.75, 3.05) is 0 Å². The predicted molar refractivity (Wildman–Crippen MR) is 49.5 cm³/mol. The molecule has 2 aromatic rings. The van der Waals surface area contributed by atoms with Crippen molar-refractivity contribution in [3.05, 3.63) is 24.2 Å². The van der Waals surface area contributed by atoms with Gasteiger partial charge in [-0.2, -0.15) is 10.2 Å². The molecule has 0 bridgehead atoms. The van der Waals surface area contributed by atoms with Crippen LogP contribution in [-0.2, 0) is 0 Å². The summed E-state index contributed by atoms with van der Waals surface area (Å²) in [6.07, 6.45) is 2.66. The van der Waals surface area contributed by atoms with Crippen LogP contribution in [-0.4, -0.2) is 36.5 Å². The molecule has 0 aliphatic rings. The van der Waals surface area contributed by atoms with Crippen molar-refractivity contribution < 1.29 is 9.90 Å². The fourth-order valence-electron chi connectivity index (χ4n) is 0.892. The molecule has 76 valence electrons. The number of nitrogens with zero attached hydrogens (tertiary/aromatic N) is 4. The molecule has 0 fully saturated rings. The lowest BCUT2D eigenvalue weighted by Gasteiger charge is -1.99. The number of aromatic carboxylic acids is 1. The van der Waals surface area contributed by atoms with Crippen LogP contribution in [0.2, 0.25) is 0 Å². The summed E-state index contributed by atoms with van der Waals surface area (Å²) in [5.41, 5.74) is 0.0893. The van der Waals surface area contributed by atoms with E-state index in [2.05, 4.69) is 25.4 Å². The molecule has 0 radical (unpaired) electrons. The van der Waals surface area contributed by atoms with Gasteiger partial charge in [-0.1, -0.05) is 0 Å². The van der Waals surface area contributed by atoms with Crippen LogP contribution < -0.4 is 0 Å². The summed E-state index contributed by atoms with van der Waals surface area (Å²) >= 11 is 1.07. The maximum Gasteiger partial charge on any atom is 0.338 e. The van der Waals surface area contributed by atoms with Crippen LogP contribution in [0.15, 0.2) is 28.8 Å². The van der Waals surface area contributed by atoms with Crippen molar-refractivity contribution in [2.24, 2.45) is 0 Å². The minimum absolute atomic E-state index is 0.0893. The number of aromatic amines is 1. The highest BCUT2D eigenvalue weighted by molar-refractivity contribution is 7.99. The first-order valence-electron chi connectivity index (χ1n) is 3.85. The number of nitrogens with one attached hydrogen (secondary N) is 1. The van der Waals surface area contributed by atoms with Crippen LogP contribution in [0.3, 0.4) is 0 Å². The number of rotatable bonds is 3. The fraction of sp³-hybridized carbons (Fsp3) is 0. The molecule has 2 rings (SSSR count). The number of hydrogen-bond acceptors (Lipinski definition) is 6. The molecule has 0 saturated heterocycles. The highest BCUT2D eigenvalue weighted by Crippen LogP contribution is 2.24. The van der Waals surface area contributed by atoms with Crippen molar-refractivity contribution in [1.82, 2.24) is 25.4 Å². The molecule has 0 spiro atoms. The first kappa shape index (κ1) is 9.59. The molecule has 0 unspecified atom stereocenters. The second-order valence-corrected chi connectivity index (χ2v) is 3.43. The topological polar surface area (TPSA) is 105 Å². The number of carbonyl (C=O) groups is 1. The highest BCUT2D eigenvalue weighted by atomic mass is 32.2. The summed E-state index contributed by atoms with van der Waals surface area (Å²) < 4.78 is 0. The van der Waals surface area contributed by atoms with E-state index in [1.54, 1.807) is 0 Å². The van der Waals surface area contributed by atoms with Crippen LogP contribution in [0, 0.1) is 0 Å². The molecule has 15 heavy (non-hydrogen) atoms. The second-order valence-electron chi connectivity index (χ2n) is 2.45. The standard InChI is InChI=1S/C7H5N5O2S/c13-6(14)4-1-2-9-11-5(4)15-7-8-3-10-12-7/h1-3H,(H,13,14)(H,8,10,12). The molecule has 0 aliphatic heterocycles. The average Bonchev–Trinajstić information content (AvgIpc) is 2.71. The SMILES string of the molecule is O=C(O)c1ccnnc1Sc1ncn[nH]1. The monoisotopic (exact) mass is 223 g/mol.